The maximum absolute atomic E-state index is 9.95. The molecule has 0 saturated heterocycles. The van der Waals surface area contributed by atoms with Crippen molar-refractivity contribution in [2.45, 2.75) is 66.4 Å². The lowest BCUT2D eigenvalue weighted by molar-refractivity contribution is 0.177. The van der Waals surface area contributed by atoms with E-state index in [1.54, 1.807) is 0 Å². The largest absolute Gasteiger partial charge is 0.389 e. The maximum atomic E-state index is 9.95. The molecule has 0 rings (SSSR count). The average Bonchev–Trinajstić information content (AvgIpc) is 2.19. The fourth-order valence-electron chi connectivity index (χ4n) is 1.45. The van der Waals surface area contributed by atoms with Gasteiger partial charge < -0.3 is 5.11 Å². The first-order valence-electron chi connectivity index (χ1n) is 6.36. The van der Waals surface area contributed by atoms with Gasteiger partial charge >= 0.3 is 0 Å². The summed E-state index contributed by atoms with van der Waals surface area (Å²) < 4.78 is 0. The minimum atomic E-state index is -0.269. The minimum Gasteiger partial charge on any atom is -0.389 e. The third-order valence-electron chi connectivity index (χ3n) is 2.67. The number of hydrogen-bond acceptors (Lipinski definition) is 1. The Morgan fingerprint density at radius 2 is 1.88 bits per heavy atom. The zero-order chi connectivity index (χ0) is 12.6. The molecule has 0 spiro atoms. The average molecular weight is 224 g/mol. The molecule has 1 nitrogen and oxygen atoms in total. The van der Waals surface area contributed by atoms with Gasteiger partial charge in [0.1, 0.15) is 0 Å². The zero-order valence-corrected chi connectivity index (χ0v) is 11.6. The van der Waals surface area contributed by atoms with Crippen LogP contribution in [0.3, 0.4) is 0 Å². The lowest BCUT2D eigenvalue weighted by atomic mass is 9.88. The highest BCUT2D eigenvalue weighted by molar-refractivity contribution is 5.07. The van der Waals surface area contributed by atoms with Gasteiger partial charge in [-0.25, -0.2) is 0 Å². The highest BCUT2D eigenvalue weighted by atomic mass is 16.3. The highest BCUT2D eigenvalue weighted by Gasteiger charge is 2.14. The number of aliphatic hydroxyl groups excluding tert-OH is 1. The molecule has 0 amide bonds. The predicted molar refractivity (Wildman–Crippen MR) is 72.5 cm³/mol. The fraction of sp³-hybridized carbons (Fsp3) is 0.733. The molecule has 1 unspecified atom stereocenters. The molecule has 0 aliphatic carbocycles. The van der Waals surface area contributed by atoms with Gasteiger partial charge in [-0.1, -0.05) is 45.9 Å². The topological polar surface area (TPSA) is 20.2 Å². The summed E-state index contributed by atoms with van der Waals surface area (Å²) in [5.41, 5.74) is 1.41. The van der Waals surface area contributed by atoms with Gasteiger partial charge in [-0.15, -0.1) is 0 Å². The molecular formula is C15H28O. The van der Waals surface area contributed by atoms with Crippen LogP contribution in [0.5, 0.6) is 0 Å². The van der Waals surface area contributed by atoms with Gasteiger partial charge in [-0.2, -0.15) is 0 Å². The Labute approximate surface area is 101 Å². The van der Waals surface area contributed by atoms with E-state index in [0.717, 1.165) is 31.3 Å². The van der Waals surface area contributed by atoms with Crippen molar-refractivity contribution in [1.29, 1.82) is 0 Å². The van der Waals surface area contributed by atoms with E-state index < -0.39 is 0 Å². The first-order chi connectivity index (χ1) is 7.37. The third-order valence-corrected chi connectivity index (χ3v) is 2.67. The summed E-state index contributed by atoms with van der Waals surface area (Å²) in [7, 11) is 0. The molecule has 1 N–H and O–H groups in total. The first-order valence-corrected chi connectivity index (χ1v) is 6.36. The summed E-state index contributed by atoms with van der Waals surface area (Å²) >= 11 is 0. The second kappa shape index (κ2) is 7.67. The van der Waals surface area contributed by atoms with Crippen molar-refractivity contribution in [1.82, 2.24) is 0 Å². The summed E-state index contributed by atoms with van der Waals surface area (Å²) in [6.45, 7) is 10.8. The van der Waals surface area contributed by atoms with E-state index in [1.807, 2.05) is 6.92 Å². The lowest BCUT2D eigenvalue weighted by Crippen LogP contribution is -2.13. The standard InChI is InChI=1S/C15H28O/c1-6-7-8-9-10-13(2)14(16)11-12-15(3,4)5/h7-8,10,14,16H,6,9,11-12H2,1-5H3. The van der Waals surface area contributed by atoms with Crippen molar-refractivity contribution < 1.29 is 5.11 Å². The molecular weight excluding hydrogens is 196 g/mol. The van der Waals surface area contributed by atoms with Crippen LogP contribution < -0.4 is 0 Å². The molecule has 0 fully saturated rings. The van der Waals surface area contributed by atoms with Crippen LogP contribution in [-0.2, 0) is 0 Å². The summed E-state index contributed by atoms with van der Waals surface area (Å²) in [5, 5.41) is 9.95. The second-order valence-corrected chi connectivity index (χ2v) is 5.68. The van der Waals surface area contributed by atoms with Crippen molar-refractivity contribution in [2.24, 2.45) is 5.41 Å². The van der Waals surface area contributed by atoms with E-state index in [2.05, 4.69) is 45.9 Å². The van der Waals surface area contributed by atoms with Crippen LogP contribution in [0.15, 0.2) is 23.8 Å². The van der Waals surface area contributed by atoms with E-state index in [4.69, 9.17) is 0 Å². The number of rotatable bonds is 6. The van der Waals surface area contributed by atoms with E-state index in [9.17, 15) is 5.11 Å². The Balaban J connectivity index is 3.97. The van der Waals surface area contributed by atoms with Gasteiger partial charge in [0.25, 0.3) is 0 Å². The molecule has 94 valence electrons. The van der Waals surface area contributed by atoms with Gasteiger partial charge in [-0.3, -0.25) is 0 Å². The smallest absolute Gasteiger partial charge is 0.0747 e. The van der Waals surface area contributed by atoms with Crippen LogP contribution in [0, 0.1) is 5.41 Å². The molecule has 0 radical (unpaired) electrons. The molecule has 1 atom stereocenters. The van der Waals surface area contributed by atoms with Crippen molar-refractivity contribution in [2.75, 3.05) is 0 Å². The molecule has 0 aromatic heterocycles. The van der Waals surface area contributed by atoms with Crippen LogP contribution in [0.4, 0.5) is 0 Å². The highest BCUT2D eigenvalue weighted by Crippen LogP contribution is 2.23. The zero-order valence-electron chi connectivity index (χ0n) is 11.6. The molecule has 0 heterocycles. The van der Waals surface area contributed by atoms with E-state index in [1.165, 1.54) is 0 Å². The van der Waals surface area contributed by atoms with Gasteiger partial charge in [-0.05, 0) is 43.6 Å². The summed E-state index contributed by atoms with van der Waals surface area (Å²) in [4.78, 5) is 0. The van der Waals surface area contributed by atoms with Crippen LogP contribution in [0.1, 0.15) is 60.3 Å². The second-order valence-electron chi connectivity index (χ2n) is 5.68. The van der Waals surface area contributed by atoms with Crippen molar-refractivity contribution >= 4 is 0 Å². The molecule has 0 aromatic rings. The number of allylic oxidation sites excluding steroid dienone is 3. The molecule has 0 aliphatic rings. The molecule has 0 bridgehead atoms. The van der Waals surface area contributed by atoms with Gasteiger partial charge in [0.2, 0.25) is 0 Å². The van der Waals surface area contributed by atoms with Crippen molar-refractivity contribution in [3.05, 3.63) is 23.8 Å². The Hall–Kier alpha value is -0.560. The van der Waals surface area contributed by atoms with E-state index >= 15 is 0 Å². The van der Waals surface area contributed by atoms with Gasteiger partial charge in [0, 0.05) is 0 Å². The number of hydrogen-bond donors (Lipinski definition) is 1. The van der Waals surface area contributed by atoms with Crippen LogP contribution in [0.25, 0.3) is 0 Å². The first kappa shape index (κ1) is 15.4. The van der Waals surface area contributed by atoms with Crippen molar-refractivity contribution in [3.63, 3.8) is 0 Å². The van der Waals surface area contributed by atoms with Crippen molar-refractivity contribution in [3.8, 4) is 0 Å². The number of aliphatic hydroxyl groups is 1. The summed E-state index contributed by atoms with van der Waals surface area (Å²) in [6.07, 6.45) is 10.1. The normalized spacial score (nSPS) is 15.8. The van der Waals surface area contributed by atoms with Gasteiger partial charge in [0.15, 0.2) is 0 Å². The lowest BCUT2D eigenvalue weighted by Gasteiger charge is -2.20. The fourth-order valence-corrected chi connectivity index (χ4v) is 1.45. The predicted octanol–water partition coefficient (Wildman–Crippen LogP) is 4.48. The Morgan fingerprint density at radius 1 is 1.25 bits per heavy atom. The minimum absolute atomic E-state index is 0.269. The molecule has 0 aliphatic heterocycles. The third kappa shape index (κ3) is 8.72. The molecule has 0 aromatic carbocycles. The van der Waals surface area contributed by atoms with Crippen LogP contribution >= 0.6 is 0 Å². The quantitative estimate of drug-likeness (QED) is 0.660. The Bertz CT molecular complexity index is 230. The Morgan fingerprint density at radius 3 is 2.38 bits per heavy atom. The Kier molecular flexibility index (Phi) is 7.40. The maximum Gasteiger partial charge on any atom is 0.0747 e. The van der Waals surface area contributed by atoms with Gasteiger partial charge in [0.05, 0.1) is 6.10 Å². The van der Waals surface area contributed by atoms with E-state index in [-0.39, 0.29) is 6.10 Å². The summed E-state index contributed by atoms with van der Waals surface area (Å²) in [6, 6.07) is 0. The van der Waals surface area contributed by atoms with Crippen LogP contribution in [0.2, 0.25) is 0 Å². The van der Waals surface area contributed by atoms with Crippen LogP contribution in [-0.4, -0.2) is 11.2 Å². The SMILES string of the molecule is CCC=CCC=C(C)C(O)CCC(C)(C)C. The monoisotopic (exact) mass is 224 g/mol. The summed E-state index contributed by atoms with van der Waals surface area (Å²) in [5.74, 6) is 0. The molecule has 0 saturated carbocycles. The molecule has 1 heteroatoms. The van der Waals surface area contributed by atoms with E-state index in [0.29, 0.717) is 5.41 Å². The molecule has 16 heavy (non-hydrogen) atoms.